The van der Waals surface area contributed by atoms with E-state index in [-0.39, 0.29) is 18.1 Å². The van der Waals surface area contributed by atoms with Crippen molar-refractivity contribution in [1.29, 1.82) is 0 Å². The van der Waals surface area contributed by atoms with Crippen LogP contribution in [0.4, 0.5) is 5.69 Å². The number of carbonyl (C=O) groups is 1. The van der Waals surface area contributed by atoms with Crippen molar-refractivity contribution >= 4 is 11.7 Å². The molecule has 5 nitrogen and oxygen atoms in total. The fourth-order valence-corrected chi connectivity index (χ4v) is 3.00. The maximum atomic E-state index is 11.4. The number of aryl methyl sites for hydroxylation is 1. The second kappa shape index (κ2) is 6.03. The van der Waals surface area contributed by atoms with Gasteiger partial charge in [0.25, 0.3) is 0 Å². The van der Waals surface area contributed by atoms with Gasteiger partial charge < -0.3 is 19.9 Å². The van der Waals surface area contributed by atoms with Gasteiger partial charge in [-0.05, 0) is 25.0 Å². The van der Waals surface area contributed by atoms with Gasteiger partial charge in [-0.3, -0.25) is 4.79 Å². The third kappa shape index (κ3) is 3.04. The number of rotatable bonds is 4. The average Bonchev–Trinajstić information content (AvgIpc) is 2.49. The normalized spacial score (nSPS) is 26.7. The number of aliphatic hydroxyl groups is 1. The quantitative estimate of drug-likeness (QED) is 0.828. The average molecular weight is 291 g/mol. The highest BCUT2D eigenvalue weighted by Crippen LogP contribution is 2.39. The number of hydrogen-bond donors (Lipinski definition) is 2. The zero-order chi connectivity index (χ0) is 14.8. The summed E-state index contributed by atoms with van der Waals surface area (Å²) < 4.78 is 10.7. The molecule has 1 unspecified atom stereocenters. The standard InChI is InChI=1S/C16H21NO4/c1-2-20-16(19)6-4-10-3-5-12-11(7-10)15-8-13(17-12)14(18)9-21-15/h3,5,7,13-15,17-18H,2,4,6,8-9H2,1H3/t13-,14-,15?/m1/s1. The molecule has 114 valence electrons. The number of hydrogen-bond acceptors (Lipinski definition) is 5. The minimum Gasteiger partial charge on any atom is -0.466 e. The molecular formula is C16H21NO4. The maximum absolute atomic E-state index is 11.4. The molecule has 0 spiro atoms. The molecule has 21 heavy (non-hydrogen) atoms. The highest BCUT2D eigenvalue weighted by atomic mass is 16.5. The van der Waals surface area contributed by atoms with Crippen LogP contribution in [0, 0.1) is 0 Å². The summed E-state index contributed by atoms with van der Waals surface area (Å²) in [6, 6.07) is 6.19. The van der Waals surface area contributed by atoms with E-state index in [1.54, 1.807) is 0 Å². The lowest BCUT2D eigenvalue weighted by atomic mass is 9.88. The topological polar surface area (TPSA) is 67.8 Å². The van der Waals surface area contributed by atoms with Crippen LogP contribution in [-0.4, -0.2) is 36.4 Å². The number of fused-ring (bicyclic) bond motifs is 4. The predicted molar refractivity (Wildman–Crippen MR) is 78.1 cm³/mol. The molecule has 0 aromatic heterocycles. The summed E-state index contributed by atoms with van der Waals surface area (Å²) in [6.07, 6.45) is 1.45. The van der Waals surface area contributed by atoms with Gasteiger partial charge in [0.05, 0.1) is 31.5 Å². The highest BCUT2D eigenvalue weighted by Gasteiger charge is 2.36. The molecular weight excluding hydrogens is 270 g/mol. The van der Waals surface area contributed by atoms with Gasteiger partial charge in [-0.25, -0.2) is 0 Å². The molecule has 3 rings (SSSR count). The molecule has 1 aromatic carbocycles. The molecule has 0 saturated carbocycles. The van der Waals surface area contributed by atoms with E-state index in [4.69, 9.17) is 9.47 Å². The number of aliphatic hydroxyl groups excluding tert-OH is 1. The largest absolute Gasteiger partial charge is 0.466 e. The molecule has 2 aliphatic rings. The molecule has 2 bridgehead atoms. The first-order valence-corrected chi connectivity index (χ1v) is 7.52. The zero-order valence-corrected chi connectivity index (χ0v) is 12.2. The van der Waals surface area contributed by atoms with E-state index in [9.17, 15) is 9.90 Å². The van der Waals surface area contributed by atoms with Gasteiger partial charge in [0, 0.05) is 24.1 Å². The van der Waals surface area contributed by atoms with Crippen LogP contribution in [0.5, 0.6) is 0 Å². The lowest BCUT2D eigenvalue weighted by Gasteiger charge is -2.40. The summed E-state index contributed by atoms with van der Waals surface area (Å²) in [6.45, 7) is 2.61. The van der Waals surface area contributed by atoms with Gasteiger partial charge in [-0.15, -0.1) is 0 Å². The van der Waals surface area contributed by atoms with Crippen molar-refractivity contribution in [2.45, 2.75) is 44.4 Å². The van der Waals surface area contributed by atoms with E-state index >= 15 is 0 Å². The number of nitrogens with one attached hydrogen (secondary N) is 1. The van der Waals surface area contributed by atoms with E-state index in [0.717, 1.165) is 23.2 Å². The Labute approximate surface area is 124 Å². The monoisotopic (exact) mass is 291 g/mol. The molecule has 1 saturated heterocycles. The molecule has 0 radical (unpaired) electrons. The molecule has 1 aromatic rings. The third-order valence-corrected chi connectivity index (χ3v) is 4.13. The minimum atomic E-state index is -0.446. The number of ether oxygens (including phenoxy) is 2. The molecule has 1 fully saturated rings. The lowest BCUT2D eigenvalue weighted by molar-refractivity contribution is -0.143. The van der Waals surface area contributed by atoms with Crippen LogP contribution in [0.15, 0.2) is 18.2 Å². The van der Waals surface area contributed by atoms with Crippen molar-refractivity contribution in [2.24, 2.45) is 0 Å². The van der Waals surface area contributed by atoms with E-state index in [1.807, 2.05) is 19.1 Å². The molecule has 2 N–H and O–H groups in total. The van der Waals surface area contributed by atoms with Crippen LogP contribution in [0.2, 0.25) is 0 Å². The predicted octanol–water partition coefficient (Wildman–Crippen LogP) is 1.80. The van der Waals surface area contributed by atoms with Crippen LogP contribution in [0.25, 0.3) is 0 Å². The third-order valence-electron chi connectivity index (χ3n) is 4.13. The molecule has 2 aliphatic heterocycles. The number of anilines is 1. The van der Waals surface area contributed by atoms with Crippen molar-refractivity contribution in [3.63, 3.8) is 0 Å². The number of carbonyl (C=O) groups excluding carboxylic acids is 1. The summed E-state index contributed by atoms with van der Waals surface area (Å²) in [4.78, 5) is 11.4. The van der Waals surface area contributed by atoms with E-state index in [1.165, 1.54) is 0 Å². The highest BCUT2D eigenvalue weighted by molar-refractivity contribution is 5.69. The minimum absolute atomic E-state index is 0.0391. The Hall–Kier alpha value is -1.59. The van der Waals surface area contributed by atoms with E-state index < -0.39 is 6.10 Å². The van der Waals surface area contributed by atoms with E-state index in [2.05, 4.69) is 11.4 Å². The Morgan fingerprint density at radius 2 is 2.38 bits per heavy atom. The van der Waals surface area contributed by atoms with Crippen LogP contribution >= 0.6 is 0 Å². The van der Waals surface area contributed by atoms with Gasteiger partial charge in [0.15, 0.2) is 0 Å². The smallest absolute Gasteiger partial charge is 0.306 e. The Morgan fingerprint density at radius 1 is 1.52 bits per heavy atom. The van der Waals surface area contributed by atoms with Gasteiger partial charge in [0.2, 0.25) is 0 Å². The van der Waals surface area contributed by atoms with Gasteiger partial charge in [-0.2, -0.15) is 0 Å². The molecule has 0 amide bonds. The Kier molecular flexibility index (Phi) is 4.12. The summed E-state index contributed by atoms with van der Waals surface area (Å²) in [5, 5.41) is 13.2. The molecule has 2 heterocycles. The molecule has 5 heteroatoms. The summed E-state index contributed by atoms with van der Waals surface area (Å²) >= 11 is 0. The van der Waals surface area contributed by atoms with Gasteiger partial charge in [-0.1, -0.05) is 12.1 Å². The Balaban J connectivity index is 1.71. The van der Waals surface area contributed by atoms with Crippen molar-refractivity contribution in [3.05, 3.63) is 29.3 Å². The number of benzene rings is 1. The van der Waals surface area contributed by atoms with Crippen molar-refractivity contribution < 1.29 is 19.4 Å². The SMILES string of the molecule is CCOC(=O)CCc1ccc2c(c1)C1C[C@@H](N2)[C@H](O)CO1. The first-order chi connectivity index (χ1) is 10.2. The first kappa shape index (κ1) is 14.4. The fourth-order valence-electron chi connectivity index (χ4n) is 3.00. The van der Waals surface area contributed by atoms with Crippen molar-refractivity contribution in [1.82, 2.24) is 0 Å². The van der Waals surface area contributed by atoms with Gasteiger partial charge >= 0.3 is 5.97 Å². The van der Waals surface area contributed by atoms with Crippen LogP contribution < -0.4 is 5.32 Å². The van der Waals surface area contributed by atoms with Crippen LogP contribution in [0.1, 0.15) is 37.0 Å². The van der Waals surface area contributed by atoms with Gasteiger partial charge in [0.1, 0.15) is 0 Å². The maximum Gasteiger partial charge on any atom is 0.306 e. The second-order valence-corrected chi connectivity index (χ2v) is 5.60. The molecule has 3 atom stereocenters. The van der Waals surface area contributed by atoms with Crippen LogP contribution in [-0.2, 0) is 20.7 Å². The Bertz CT molecular complexity index is 531. The summed E-state index contributed by atoms with van der Waals surface area (Å²) in [5.74, 6) is -0.162. The second-order valence-electron chi connectivity index (χ2n) is 5.60. The lowest BCUT2D eigenvalue weighted by Crippen LogP contribution is -2.45. The first-order valence-electron chi connectivity index (χ1n) is 7.52. The van der Waals surface area contributed by atoms with Crippen molar-refractivity contribution in [3.8, 4) is 0 Å². The zero-order valence-electron chi connectivity index (χ0n) is 12.2. The van der Waals surface area contributed by atoms with Crippen LogP contribution in [0.3, 0.4) is 0 Å². The number of esters is 1. The summed E-state index contributed by atoms with van der Waals surface area (Å²) in [5.41, 5.74) is 3.26. The fraction of sp³-hybridized carbons (Fsp3) is 0.562. The van der Waals surface area contributed by atoms with E-state index in [0.29, 0.717) is 26.1 Å². The summed E-state index contributed by atoms with van der Waals surface area (Å²) in [7, 11) is 0. The Morgan fingerprint density at radius 3 is 3.19 bits per heavy atom. The molecule has 0 aliphatic carbocycles. The van der Waals surface area contributed by atoms with Crippen molar-refractivity contribution in [2.75, 3.05) is 18.5 Å².